The van der Waals surface area contributed by atoms with Crippen molar-refractivity contribution in [2.45, 2.75) is 24.8 Å². The lowest BCUT2D eigenvalue weighted by Crippen LogP contribution is -2.37. The van der Waals surface area contributed by atoms with E-state index in [1.54, 1.807) is 6.07 Å². The Morgan fingerprint density at radius 1 is 1.37 bits per heavy atom. The molecule has 1 aromatic heterocycles. The topological polar surface area (TPSA) is 93.3 Å². The number of rotatable bonds is 3. The number of nitrogens with zero attached hydrogens (tertiary/aromatic N) is 3. The molecule has 1 amide bonds. The van der Waals surface area contributed by atoms with Gasteiger partial charge in [0.1, 0.15) is 5.82 Å². The predicted molar refractivity (Wildman–Crippen MR) is 107 cm³/mol. The molecule has 1 aliphatic heterocycles. The first kappa shape index (κ1) is 18.4. The van der Waals surface area contributed by atoms with E-state index >= 15 is 0 Å². The zero-order chi connectivity index (χ0) is 19.0. The van der Waals surface area contributed by atoms with Crippen LogP contribution in [0.4, 0.5) is 10.1 Å². The van der Waals surface area contributed by atoms with Crippen molar-refractivity contribution in [1.29, 1.82) is 0 Å². The first-order valence-electron chi connectivity index (χ1n) is 8.55. The summed E-state index contributed by atoms with van der Waals surface area (Å²) < 4.78 is 15.4. The van der Waals surface area contributed by atoms with Crippen molar-refractivity contribution in [1.82, 2.24) is 9.97 Å². The molecule has 1 fully saturated rings. The maximum Gasteiger partial charge on any atom is 0.293 e. The number of benzene rings is 1. The van der Waals surface area contributed by atoms with Gasteiger partial charge in [0, 0.05) is 29.4 Å². The Morgan fingerprint density at radius 2 is 2.15 bits per heavy atom. The fourth-order valence-corrected chi connectivity index (χ4v) is 5.06. The van der Waals surface area contributed by atoms with Crippen molar-refractivity contribution in [2.24, 2.45) is 16.6 Å². The SMILES string of the molecule is NC1=NC2(c3cc(NC(=O)c4ncc(Br)cn4)ccc3F)CCCC2CS1. The van der Waals surface area contributed by atoms with Gasteiger partial charge in [-0.15, -0.1) is 0 Å². The molecule has 2 atom stereocenters. The third-order valence-electron chi connectivity index (χ3n) is 5.04. The Kier molecular flexibility index (Phi) is 4.90. The molecular formula is C18H17BrFN5OS. The fraction of sp³-hybridized carbons (Fsp3) is 0.333. The number of hydrogen-bond acceptors (Lipinski definition) is 6. The quantitative estimate of drug-likeness (QED) is 0.744. The molecule has 1 saturated carbocycles. The first-order chi connectivity index (χ1) is 13.0. The highest BCUT2D eigenvalue weighted by molar-refractivity contribution is 9.10. The van der Waals surface area contributed by atoms with Gasteiger partial charge in [0.05, 0.1) is 10.0 Å². The van der Waals surface area contributed by atoms with Gasteiger partial charge >= 0.3 is 0 Å². The van der Waals surface area contributed by atoms with E-state index in [2.05, 4.69) is 36.2 Å². The fourth-order valence-electron chi connectivity index (χ4n) is 3.81. The molecule has 6 nitrogen and oxygen atoms in total. The summed E-state index contributed by atoms with van der Waals surface area (Å²) in [6, 6.07) is 4.56. The Hall–Kier alpha value is -2.00. The van der Waals surface area contributed by atoms with Gasteiger partial charge in [-0.3, -0.25) is 9.79 Å². The number of aromatic nitrogens is 2. The largest absolute Gasteiger partial charge is 0.379 e. The zero-order valence-corrected chi connectivity index (χ0v) is 16.7. The van der Waals surface area contributed by atoms with Gasteiger partial charge in [-0.1, -0.05) is 18.2 Å². The number of hydrogen-bond donors (Lipinski definition) is 2. The molecule has 0 spiro atoms. The normalized spacial score (nSPS) is 24.2. The number of fused-ring (bicyclic) bond motifs is 1. The average Bonchev–Trinajstić information content (AvgIpc) is 3.07. The van der Waals surface area contributed by atoms with Crippen LogP contribution in [-0.4, -0.2) is 26.8 Å². The standard InChI is InChI=1S/C18H17BrFN5OS/c19-11-7-22-15(23-8-11)16(26)24-12-3-4-14(20)13(6-12)18-5-1-2-10(18)9-27-17(21)25-18/h3-4,6-8,10H,1-2,5,9H2,(H2,21,25)(H,24,26). The van der Waals surface area contributed by atoms with E-state index < -0.39 is 11.4 Å². The number of thioether (sulfide) groups is 1. The van der Waals surface area contributed by atoms with Crippen LogP contribution in [0.3, 0.4) is 0 Å². The van der Waals surface area contributed by atoms with Crippen LogP contribution < -0.4 is 11.1 Å². The molecule has 27 heavy (non-hydrogen) atoms. The van der Waals surface area contributed by atoms with E-state index in [-0.39, 0.29) is 17.6 Å². The van der Waals surface area contributed by atoms with Crippen LogP contribution in [0.1, 0.15) is 35.4 Å². The number of carbonyl (C=O) groups is 1. The second kappa shape index (κ2) is 7.20. The minimum atomic E-state index is -0.645. The predicted octanol–water partition coefficient (Wildman–Crippen LogP) is 3.69. The lowest BCUT2D eigenvalue weighted by Gasteiger charge is -2.36. The highest BCUT2D eigenvalue weighted by Crippen LogP contribution is 2.51. The molecule has 2 aliphatic rings. The van der Waals surface area contributed by atoms with Gasteiger partial charge in [0.15, 0.2) is 5.17 Å². The summed E-state index contributed by atoms with van der Waals surface area (Å²) in [7, 11) is 0. The van der Waals surface area contributed by atoms with Crippen LogP contribution in [0.2, 0.25) is 0 Å². The molecule has 9 heteroatoms. The van der Waals surface area contributed by atoms with Crippen LogP contribution in [0.5, 0.6) is 0 Å². The van der Waals surface area contributed by atoms with E-state index in [9.17, 15) is 9.18 Å². The van der Waals surface area contributed by atoms with Crippen molar-refractivity contribution >= 4 is 44.5 Å². The Bertz CT molecular complexity index is 922. The third kappa shape index (κ3) is 3.45. The lowest BCUT2D eigenvalue weighted by molar-refractivity contribution is 0.101. The maximum absolute atomic E-state index is 14.8. The molecule has 2 unspecified atom stereocenters. The van der Waals surface area contributed by atoms with Crippen LogP contribution in [0.25, 0.3) is 0 Å². The van der Waals surface area contributed by atoms with Crippen LogP contribution in [-0.2, 0) is 5.54 Å². The lowest BCUT2D eigenvalue weighted by atomic mass is 9.81. The van der Waals surface area contributed by atoms with Gasteiger partial charge in [-0.2, -0.15) is 0 Å². The monoisotopic (exact) mass is 449 g/mol. The van der Waals surface area contributed by atoms with Crippen molar-refractivity contribution in [3.05, 3.63) is 52.3 Å². The van der Waals surface area contributed by atoms with Crippen molar-refractivity contribution in [3.63, 3.8) is 0 Å². The van der Waals surface area contributed by atoms with E-state index in [1.807, 2.05) is 0 Å². The molecular weight excluding hydrogens is 433 g/mol. The van der Waals surface area contributed by atoms with Gasteiger partial charge in [0.2, 0.25) is 5.82 Å². The van der Waals surface area contributed by atoms with Crippen LogP contribution in [0, 0.1) is 11.7 Å². The van der Waals surface area contributed by atoms with Crippen molar-refractivity contribution in [3.8, 4) is 0 Å². The Labute approximate surface area is 168 Å². The number of halogens is 2. The smallest absolute Gasteiger partial charge is 0.293 e. The number of nitrogens with two attached hydrogens (primary N) is 1. The van der Waals surface area contributed by atoms with Crippen LogP contribution in [0.15, 0.2) is 40.1 Å². The van der Waals surface area contributed by atoms with Gasteiger partial charge in [-0.25, -0.2) is 14.4 Å². The summed E-state index contributed by atoms with van der Waals surface area (Å²) in [6.07, 6.45) is 5.72. The highest BCUT2D eigenvalue weighted by atomic mass is 79.9. The number of amidine groups is 1. The van der Waals surface area contributed by atoms with Crippen molar-refractivity contribution < 1.29 is 9.18 Å². The molecule has 3 N–H and O–H groups in total. The number of amides is 1. The summed E-state index contributed by atoms with van der Waals surface area (Å²) in [6.45, 7) is 0. The summed E-state index contributed by atoms with van der Waals surface area (Å²) in [5.74, 6) is 0.325. The maximum atomic E-state index is 14.8. The molecule has 140 valence electrons. The molecule has 0 saturated heterocycles. The zero-order valence-electron chi connectivity index (χ0n) is 14.3. The number of anilines is 1. The van der Waals surface area contributed by atoms with Crippen molar-refractivity contribution in [2.75, 3.05) is 11.1 Å². The molecule has 1 aliphatic carbocycles. The number of nitrogens with one attached hydrogen (secondary N) is 1. The Balaban J connectivity index is 1.67. The van der Waals surface area contributed by atoms with E-state index in [1.165, 1.54) is 36.3 Å². The summed E-state index contributed by atoms with van der Waals surface area (Å²) in [5, 5.41) is 3.23. The number of aliphatic imine (C=N–C) groups is 1. The molecule has 1 aromatic carbocycles. The van der Waals surface area contributed by atoms with Gasteiger partial charge < -0.3 is 11.1 Å². The van der Waals surface area contributed by atoms with Gasteiger partial charge in [-0.05, 0) is 52.9 Å². The summed E-state index contributed by atoms with van der Waals surface area (Å²) in [5.41, 5.74) is 6.30. The molecule has 0 radical (unpaired) electrons. The first-order valence-corrected chi connectivity index (χ1v) is 10.3. The van der Waals surface area contributed by atoms with Gasteiger partial charge in [0.25, 0.3) is 5.91 Å². The second-order valence-electron chi connectivity index (χ2n) is 6.65. The second-order valence-corrected chi connectivity index (χ2v) is 8.60. The summed E-state index contributed by atoms with van der Waals surface area (Å²) >= 11 is 4.75. The molecule has 2 aromatic rings. The minimum absolute atomic E-state index is 0.0392. The van der Waals surface area contributed by atoms with E-state index in [0.717, 1.165) is 25.0 Å². The molecule has 0 bridgehead atoms. The molecule has 4 rings (SSSR count). The van der Waals surface area contributed by atoms with E-state index in [4.69, 9.17) is 5.73 Å². The molecule has 2 heterocycles. The highest BCUT2D eigenvalue weighted by Gasteiger charge is 2.48. The summed E-state index contributed by atoms with van der Waals surface area (Å²) in [4.78, 5) is 25.0. The average molecular weight is 450 g/mol. The minimum Gasteiger partial charge on any atom is -0.379 e. The van der Waals surface area contributed by atoms with Crippen LogP contribution >= 0.6 is 27.7 Å². The number of carbonyl (C=O) groups excluding carboxylic acids is 1. The Morgan fingerprint density at radius 3 is 2.93 bits per heavy atom. The third-order valence-corrected chi connectivity index (χ3v) is 6.41. The van der Waals surface area contributed by atoms with E-state index in [0.29, 0.717) is 20.9 Å².